The van der Waals surface area contributed by atoms with Gasteiger partial charge < -0.3 is 9.42 Å². The van der Waals surface area contributed by atoms with Crippen molar-refractivity contribution in [2.24, 2.45) is 0 Å². The summed E-state index contributed by atoms with van der Waals surface area (Å²) in [5, 5.41) is 4.08. The van der Waals surface area contributed by atoms with Crippen molar-refractivity contribution in [3.8, 4) is 11.4 Å². The number of aromatic nitrogens is 2. The van der Waals surface area contributed by atoms with Crippen LogP contribution in [0.2, 0.25) is 0 Å². The van der Waals surface area contributed by atoms with Crippen molar-refractivity contribution < 1.29 is 13.7 Å². The first-order valence-corrected chi connectivity index (χ1v) is 9.67. The number of anilines is 1. The summed E-state index contributed by atoms with van der Waals surface area (Å²) in [6.45, 7) is 6.94. The lowest BCUT2D eigenvalue weighted by Gasteiger charge is -2.35. The number of halogens is 1. The zero-order valence-corrected chi connectivity index (χ0v) is 16.6. The number of piperazine rings is 1. The second kappa shape index (κ2) is 8.13. The molecule has 6 nitrogen and oxygen atoms in total. The van der Waals surface area contributed by atoms with Gasteiger partial charge in [-0.25, -0.2) is 4.39 Å². The van der Waals surface area contributed by atoms with Crippen molar-refractivity contribution in [3.63, 3.8) is 0 Å². The minimum atomic E-state index is -0.356. The van der Waals surface area contributed by atoms with Crippen molar-refractivity contribution >= 4 is 11.5 Å². The first-order valence-electron chi connectivity index (χ1n) is 9.67. The molecule has 0 spiro atoms. The van der Waals surface area contributed by atoms with Crippen LogP contribution in [-0.4, -0.2) is 47.0 Å². The molecule has 7 heteroatoms. The molecule has 1 aliphatic rings. The summed E-state index contributed by atoms with van der Waals surface area (Å²) < 4.78 is 19.8. The van der Waals surface area contributed by atoms with Gasteiger partial charge in [-0.05, 0) is 32.0 Å². The molecule has 2 aromatic carbocycles. The number of carbonyl (C=O) groups excluding carboxylic acids is 1. The summed E-state index contributed by atoms with van der Waals surface area (Å²) in [5.74, 6) is 0.674. The van der Waals surface area contributed by atoms with Gasteiger partial charge in [-0.3, -0.25) is 9.69 Å². The summed E-state index contributed by atoms with van der Waals surface area (Å²) in [6, 6.07) is 12.7. The van der Waals surface area contributed by atoms with E-state index in [2.05, 4.69) is 15.0 Å². The summed E-state index contributed by atoms with van der Waals surface area (Å²) in [7, 11) is 0. The molecule has 1 aromatic heterocycles. The molecule has 0 radical (unpaired) electrons. The highest BCUT2D eigenvalue weighted by Gasteiger charge is 2.22. The van der Waals surface area contributed by atoms with Crippen LogP contribution in [0.15, 0.2) is 47.0 Å². The maximum atomic E-state index is 14.4. The molecular formula is C22H23FN4O2. The van der Waals surface area contributed by atoms with E-state index in [-0.39, 0.29) is 11.6 Å². The number of rotatable bonds is 5. The van der Waals surface area contributed by atoms with E-state index in [9.17, 15) is 9.18 Å². The molecule has 29 heavy (non-hydrogen) atoms. The minimum absolute atomic E-state index is 0.134. The number of aryl methyl sites for hydroxylation is 1. The predicted octanol–water partition coefficient (Wildman–Crippen LogP) is 3.71. The third-order valence-electron chi connectivity index (χ3n) is 5.20. The maximum absolute atomic E-state index is 14.4. The van der Waals surface area contributed by atoms with Gasteiger partial charge in [0.1, 0.15) is 5.82 Å². The molecule has 0 amide bonds. The molecule has 150 valence electrons. The Morgan fingerprint density at radius 1 is 1.10 bits per heavy atom. The lowest BCUT2D eigenvalue weighted by atomic mass is 10.1. The van der Waals surface area contributed by atoms with Crippen LogP contribution < -0.4 is 4.90 Å². The van der Waals surface area contributed by atoms with Gasteiger partial charge in [-0.2, -0.15) is 4.98 Å². The summed E-state index contributed by atoms with van der Waals surface area (Å²) in [6.07, 6.45) is 0. The van der Waals surface area contributed by atoms with Crippen LogP contribution in [0.4, 0.5) is 10.1 Å². The van der Waals surface area contributed by atoms with Gasteiger partial charge in [0.15, 0.2) is 5.78 Å². The quantitative estimate of drug-likeness (QED) is 0.615. The molecule has 1 fully saturated rings. The molecule has 2 heterocycles. The van der Waals surface area contributed by atoms with E-state index < -0.39 is 0 Å². The minimum Gasteiger partial charge on any atom is -0.367 e. The zero-order valence-electron chi connectivity index (χ0n) is 16.6. The van der Waals surface area contributed by atoms with E-state index in [0.717, 1.165) is 18.7 Å². The smallest absolute Gasteiger partial charge is 0.241 e. The monoisotopic (exact) mass is 394 g/mol. The Balaban J connectivity index is 1.36. The zero-order chi connectivity index (χ0) is 20.4. The summed E-state index contributed by atoms with van der Waals surface area (Å²) in [4.78, 5) is 20.1. The average molecular weight is 394 g/mol. The van der Waals surface area contributed by atoms with Crippen LogP contribution >= 0.6 is 0 Å². The first kappa shape index (κ1) is 19.3. The number of Topliss-reactive ketones (excluding diaryl/α,β-unsaturated/α-hetero) is 1. The molecular weight excluding hydrogens is 371 g/mol. The lowest BCUT2D eigenvalue weighted by molar-refractivity contribution is 0.101. The molecule has 0 atom stereocenters. The number of hydrogen-bond acceptors (Lipinski definition) is 6. The van der Waals surface area contributed by atoms with Crippen LogP contribution in [0.5, 0.6) is 0 Å². The molecule has 0 unspecified atom stereocenters. The van der Waals surface area contributed by atoms with E-state index in [1.165, 1.54) is 18.6 Å². The highest BCUT2D eigenvalue weighted by molar-refractivity contribution is 5.94. The number of hydrogen-bond donors (Lipinski definition) is 0. The van der Waals surface area contributed by atoms with Gasteiger partial charge >= 0.3 is 0 Å². The number of nitrogens with zero attached hydrogens (tertiary/aromatic N) is 4. The van der Waals surface area contributed by atoms with E-state index in [4.69, 9.17) is 4.52 Å². The van der Waals surface area contributed by atoms with Gasteiger partial charge in [0, 0.05) is 37.3 Å². The van der Waals surface area contributed by atoms with Gasteiger partial charge in [-0.15, -0.1) is 0 Å². The highest BCUT2D eigenvalue weighted by Crippen LogP contribution is 2.23. The Bertz CT molecular complexity index is 1010. The largest absolute Gasteiger partial charge is 0.367 e. The Morgan fingerprint density at radius 3 is 2.48 bits per heavy atom. The molecule has 0 bridgehead atoms. The Labute approximate surface area is 168 Å². The summed E-state index contributed by atoms with van der Waals surface area (Å²) in [5.41, 5.74) is 3.04. The van der Waals surface area contributed by atoms with Crippen molar-refractivity contribution in [1.82, 2.24) is 15.0 Å². The third kappa shape index (κ3) is 4.35. The number of ketones is 1. The van der Waals surface area contributed by atoms with Crippen molar-refractivity contribution in [1.29, 1.82) is 0 Å². The van der Waals surface area contributed by atoms with Crippen LogP contribution in [0.1, 0.15) is 28.7 Å². The number of benzene rings is 2. The first-order chi connectivity index (χ1) is 14.0. The van der Waals surface area contributed by atoms with Gasteiger partial charge in [0.25, 0.3) is 0 Å². The molecule has 1 saturated heterocycles. The van der Waals surface area contributed by atoms with Crippen LogP contribution in [-0.2, 0) is 6.54 Å². The topological polar surface area (TPSA) is 62.5 Å². The van der Waals surface area contributed by atoms with E-state index in [1.807, 2.05) is 36.1 Å². The highest BCUT2D eigenvalue weighted by atomic mass is 19.1. The van der Waals surface area contributed by atoms with Gasteiger partial charge in [0.05, 0.1) is 12.2 Å². The molecule has 0 saturated carbocycles. The van der Waals surface area contributed by atoms with E-state index in [1.54, 1.807) is 12.1 Å². The van der Waals surface area contributed by atoms with Crippen LogP contribution in [0, 0.1) is 12.7 Å². The second-order valence-electron chi connectivity index (χ2n) is 7.36. The second-order valence-corrected chi connectivity index (χ2v) is 7.36. The van der Waals surface area contributed by atoms with Crippen molar-refractivity contribution in [2.45, 2.75) is 20.4 Å². The Kier molecular flexibility index (Phi) is 5.40. The van der Waals surface area contributed by atoms with Gasteiger partial charge in [0.2, 0.25) is 11.7 Å². The Morgan fingerprint density at radius 2 is 1.83 bits per heavy atom. The van der Waals surface area contributed by atoms with Crippen molar-refractivity contribution in [2.75, 3.05) is 31.1 Å². The average Bonchev–Trinajstić information content (AvgIpc) is 3.17. The van der Waals surface area contributed by atoms with E-state index >= 15 is 0 Å². The lowest BCUT2D eigenvalue weighted by Crippen LogP contribution is -2.46. The fourth-order valence-electron chi connectivity index (χ4n) is 3.46. The Hall–Kier alpha value is -3.06. The summed E-state index contributed by atoms with van der Waals surface area (Å²) >= 11 is 0. The predicted molar refractivity (Wildman–Crippen MR) is 108 cm³/mol. The van der Waals surface area contributed by atoms with Crippen LogP contribution in [0.25, 0.3) is 11.4 Å². The molecule has 0 aliphatic carbocycles. The molecule has 3 aromatic rings. The fourth-order valence-corrected chi connectivity index (χ4v) is 3.46. The van der Waals surface area contributed by atoms with Crippen LogP contribution in [0.3, 0.4) is 0 Å². The maximum Gasteiger partial charge on any atom is 0.241 e. The number of carbonyl (C=O) groups is 1. The molecule has 1 aliphatic heterocycles. The SMILES string of the molecule is CC(=O)c1ccc(N2CCN(Cc3nc(-c4ccc(C)cc4)no3)CC2)c(F)c1. The normalized spacial score (nSPS) is 14.9. The standard InChI is InChI=1S/C22H23FN4O2/c1-15-3-5-17(6-4-15)22-24-21(29-25-22)14-26-9-11-27(12-10-26)20-8-7-18(16(2)28)13-19(20)23/h3-8,13H,9-12,14H2,1-2H3. The molecule has 0 N–H and O–H groups in total. The van der Waals surface area contributed by atoms with Crippen molar-refractivity contribution in [3.05, 3.63) is 65.3 Å². The van der Waals surface area contributed by atoms with Gasteiger partial charge in [-0.1, -0.05) is 35.0 Å². The fraction of sp³-hybridized carbons (Fsp3) is 0.318. The van der Waals surface area contributed by atoms with E-state index in [0.29, 0.717) is 42.6 Å². The third-order valence-corrected chi connectivity index (χ3v) is 5.20. The molecule has 4 rings (SSSR count).